The highest BCUT2D eigenvalue weighted by Gasteiger charge is 2.34. The molecule has 0 aliphatic carbocycles. The molecular weight excluding hydrogens is 362 g/mol. The molecule has 0 spiro atoms. The van der Waals surface area contributed by atoms with Crippen LogP contribution in [0, 0.1) is 0 Å². The third-order valence-corrected chi connectivity index (χ3v) is 4.14. The Hall–Kier alpha value is -1.34. The van der Waals surface area contributed by atoms with Gasteiger partial charge in [0.05, 0.1) is 11.1 Å². The van der Waals surface area contributed by atoms with E-state index in [2.05, 4.69) is 12.6 Å². The fraction of sp³-hybridized carbons (Fsp3) is 0.200. The summed E-state index contributed by atoms with van der Waals surface area (Å²) in [4.78, 5) is 0. The van der Waals surface area contributed by atoms with E-state index in [1.807, 2.05) is 0 Å². The second-order valence-corrected chi connectivity index (χ2v) is 6.27. The van der Waals surface area contributed by atoms with Gasteiger partial charge in [0.15, 0.2) is 0 Å². The summed E-state index contributed by atoms with van der Waals surface area (Å²) in [6, 6.07) is 7.92. The molecule has 0 aromatic heterocycles. The van der Waals surface area contributed by atoms with Gasteiger partial charge in [-0.15, -0.1) is 12.6 Å². The van der Waals surface area contributed by atoms with Crippen LogP contribution in [0.3, 0.4) is 0 Å². The molecule has 0 aliphatic heterocycles. The minimum atomic E-state index is -4.49. The Balaban J connectivity index is 2.34. The average molecular weight is 371 g/mol. The Kier molecular flexibility index (Phi) is 4.65. The van der Waals surface area contributed by atoms with E-state index >= 15 is 0 Å². The van der Waals surface area contributed by atoms with Crippen LogP contribution >= 0.6 is 24.2 Å². The fourth-order valence-electron chi connectivity index (χ4n) is 1.93. The quantitative estimate of drug-likeness (QED) is 0.369. The molecule has 0 amide bonds. The first-order chi connectivity index (χ1) is 10.4. The molecule has 0 heterocycles. The molecule has 124 valence electrons. The molecule has 2 aromatic carbocycles. The highest BCUT2D eigenvalue weighted by atomic mass is 35.5. The van der Waals surface area contributed by atoms with Crippen molar-refractivity contribution in [1.29, 1.82) is 0 Å². The molecule has 0 fully saturated rings. The van der Waals surface area contributed by atoms with Crippen LogP contribution in [0.15, 0.2) is 48.5 Å². The van der Waals surface area contributed by atoms with E-state index in [1.165, 1.54) is 0 Å². The van der Waals surface area contributed by atoms with Crippen LogP contribution in [0.1, 0.15) is 22.3 Å². The van der Waals surface area contributed by atoms with Crippen LogP contribution in [0.4, 0.5) is 26.3 Å². The Morgan fingerprint density at radius 2 is 0.783 bits per heavy atom. The number of rotatable bonds is 2. The molecule has 0 nitrogen and oxygen atoms in total. The van der Waals surface area contributed by atoms with E-state index in [1.54, 1.807) is 0 Å². The van der Waals surface area contributed by atoms with Crippen molar-refractivity contribution in [3.8, 4) is 0 Å². The van der Waals surface area contributed by atoms with Crippen molar-refractivity contribution in [2.45, 2.75) is 16.6 Å². The number of hydrogen-bond donors (Lipinski definition) is 1. The zero-order valence-electron chi connectivity index (χ0n) is 11.2. The first-order valence-corrected chi connectivity index (χ1v) is 7.01. The fourth-order valence-corrected chi connectivity index (χ4v) is 2.48. The third kappa shape index (κ3) is 3.95. The van der Waals surface area contributed by atoms with Crippen molar-refractivity contribution >= 4 is 24.2 Å². The highest BCUT2D eigenvalue weighted by molar-refractivity contribution is 7.83. The lowest BCUT2D eigenvalue weighted by molar-refractivity contribution is -0.138. The lowest BCUT2D eigenvalue weighted by Crippen LogP contribution is -2.14. The summed E-state index contributed by atoms with van der Waals surface area (Å²) in [5.74, 6) is 0. The van der Waals surface area contributed by atoms with Gasteiger partial charge in [0.1, 0.15) is 4.21 Å². The molecule has 0 saturated heterocycles. The first-order valence-electron chi connectivity index (χ1n) is 6.19. The van der Waals surface area contributed by atoms with Gasteiger partial charge in [-0.25, -0.2) is 0 Å². The number of halogens is 7. The van der Waals surface area contributed by atoms with Crippen LogP contribution in [0.5, 0.6) is 0 Å². The van der Waals surface area contributed by atoms with Crippen molar-refractivity contribution < 1.29 is 26.3 Å². The summed E-state index contributed by atoms with van der Waals surface area (Å²) in [6.45, 7) is 0. The van der Waals surface area contributed by atoms with Gasteiger partial charge in [-0.1, -0.05) is 35.9 Å². The molecule has 0 aliphatic rings. The van der Waals surface area contributed by atoms with Crippen LogP contribution in [-0.4, -0.2) is 0 Å². The second kappa shape index (κ2) is 5.94. The van der Waals surface area contributed by atoms with Gasteiger partial charge in [-0.05, 0) is 35.4 Å². The zero-order chi connectivity index (χ0) is 17.5. The van der Waals surface area contributed by atoms with Crippen molar-refractivity contribution in [1.82, 2.24) is 0 Å². The summed E-state index contributed by atoms with van der Waals surface area (Å²) in [5, 5.41) is 0. The molecular formula is C15H9ClF6S. The lowest BCUT2D eigenvalue weighted by atomic mass is 10.0. The predicted octanol–water partition coefficient (Wildman–Crippen LogP) is 6.09. The smallest absolute Gasteiger partial charge is 0.166 e. The third-order valence-electron chi connectivity index (χ3n) is 3.19. The Labute approximate surface area is 138 Å². The highest BCUT2D eigenvalue weighted by Crippen LogP contribution is 2.42. The maximum atomic E-state index is 12.5. The van der Waals surface area contributed by atoms with Gasteiger partial charge in [-0.2, -0.15) is 26.3 Å². The number of thiol groups is 1. The maximum Gasteiger partial charge on any atom is 0.416 e. The average Bonchev–Trinajstić information content (AvgIpc) is 2.46. The van der Waals surface area contributed by atoms with Crippen LogP contribution in [0.25, 0.3) is 0 Å². The molecule has 0 radical (unpaired) electrons. The monoisotopic (exact) mass is 370 g/mol. The zero-order valence-corrected chi connectivity index (χ0v) is 12.9. The molecule has 0 bridgehead atoms. The number of hydrogen-bond acceptors (Lipinski definition) is 1. The predicted molar refractivity (Wildman–Crippen MR) is 78.5 cm³/mol. The lowest BCUT2D eigenvalue weighted by Gasteiger charge is -2.23. The normalized spacial score (nSPS) is 13.2. The SMILES string of the molecule is FC(F)(F)c1ccc(C(S)(Cl)c2ccc(C(F)(F)F)cc2)cc1. The van der Waals surface area contributed by atoms with E-state index in [9.17, 15) is 26.3 Å². The molecule has 8 heteroatoms. The molecule has 0 N–H and O–H groups in total. The van der Waals surface area contributed by atoms with E-state index in [4.69, 9.17) is 11.6 Å². The van der Waals surface area contributed by atoms with Crippen LogP contribution < -0.4 is 0 Å². The van der Waals surface area contributed by atoms with Crippen molar-refractivity contribution in [2.75, 3.05) is 0 Å². The molecule has 0 unspecified atom stereocenters. The summed E-state index contributed by atoms with van der Waals surface area (Å²) in [6.07, 6.45) is -8.98. The van der Waals surface area contributed by atoms with Crippen molar-refractivity contribution in [2.24, 2.45) is 0 Å². The first kappa shape index (κ1) is 18.0. The molecule has 2 rings (SSSR count). The van der Waals surface area contributed by atoms with Crippen LogP contribution in [-0.2, 0) is 16.6 Å². The van der Waals surface area contributed by atoms with Crippen LogP contribution in [0.2, 0.25) is 0 Å². The van der Waals surface area contributed by atoms with Gasteiger partial charge < -0.3 is 0 Å². The summed E-state index contributed by atoms with van der Waals surface area (Å²) >= 11 is 10.4. The van der Waals surface area contributed by atoms with Crippen molar-refractivity contribution in [3.05, 3.63) is 70.8 Å². The Morgan fingerprint density at radius 3 is 1.00 bits per heavy atom. The summed E-state index contributed by atoms with van der Waals surface area (Å²) in [5.41, 5.74) is -1.27. The maximum absolute atomic E-state index is 12.5. The van der Waals surface area contributed by atoms with Crippen molar-refractivity contribution in [3.63, 3.8) is 0 Å². The topological polar surface area (TPSA) is 0 Å². The van der Waals surface area contributed by atoms with E-state index in [0.29, 0.717) is 0 Å². The summed E-state index contributed by atoms with van der Waals surface area (Å²) < 4.78 is 73.7. The van der Waals surface area contributed by atoms with Gasteiger partial charge in [0, 0.05) is 0 Å². The largest absolute Gasteiger partial charge is 0.416 e. The minimum Gasteiger partial charge on any atom is -0.166 e. The number of alkyl halides is 7. The minimum absolute atomic E-state index is 0.218. The van der Waals surface area contributed by atoms with Gasteiger partial charge in [0.25, 0.3) is 0 Å². The van der Waals surface area contributed by atoms with E-state index in [-0.39, 0.29) is 11.1 Å². The Morgan fingerprint density at radius 1 is 0.565 bits per heavy atom. The Bertz CT molecular complexity index is 612. The van der Waals surface area contributed by atoms with E-state index in [0.717, 1.165) is 48.5 Å². The molecule has 2 aromatic rings. The number of benzene rings is 2. The van der Waals surface area contributed by atoms with E-state index < -0.39 is 27.7 Å². The standard InChI is InChI=1S/C15H9ClF6S/c16-13(23,9-1-5-11(6-2-9)14(17,18)19)10-3-7-12(8-4-10)15(20,21)22/h1-8,23H. The summed E-state index contributed by atoms with van der Waals surface area (Å²) in [7, 11) is 0. The second-order valence-electron chi connectivity index (χ2n) is 4.77. The van der Waals surface area contributed by atoms with Gasteiger partial charge in [0.2, 0.25) is 0 Å². The molecule has 23 heavy (non-hydrogen) atoms. The molecule has 0 atom stereocenters. The molecule has 0 saturated carbocycles. The van der Waals surface area contributed by atoms with Gasteiger partial charge >= 0.3 is 12.4 Å². The van der Waals surface area contributed by atoms with Gasteiger partial charge in [-0.3, -0.25) is 0 Å².